The topological polar surface area (TPSA) is 25.2 Å². The monoisotopic (exact) mass is 264 g/mol. The van der Waals surface area contributed by atoms with Gasteiger partial charge in [-0.05, 0) is 33.1 Å². The fraction of sp³-hybridized carbons (Fsp3) is 0.357. The van der Waals surface area contributed by atoms with Gasteiger partial charge in [0.1, 0.15) is 5.15 Å². The lowest BCUT2D eigenvalue weighted by atomic mass is 10.2. The second kappa shape index (κ2) is 5.55. The van der Waals surface area contributed by atoms with Gasteiger partial charge < -0.3 is 9.47 Å². The van der Waals surface area contributed by atoms with Gasteiger partial charge in [-0.1, -0.05) is 29.8 Å². The first-order valence-electron chi connectivity index (χ1n) is 6.01. The summed E-state index contributed by atoms with van der Waals surface area (Å²) in [7, 11) is 4.10. The van der Waals surface area contributed by atoms with Crippen molar-refractivity contribution in [1.82, 2.24) is 9.47 Å². The first kappa shape index (κ1) is 13.1. The summed E-state index contributed by atoms with van der Waals surface area (Å²) < 4.78 is 2.02. The highest BCUT2D eigenvalue weighted by molar-refractivity contribution is 6.34. The summed E-state index contributed by atoms with van der Waals surface area (Å²) >= 11 is 6.29. The van der Waals surface area contributed by atoms with Crippen LogP contribution in [0.5, 0.6) is 0 Å². The maximum absolute atomic E-state index is 11.1. The van der Waals surface area contributed by atoms with E-state index in [9.17, 15) is 4.79 Å². The number of halogens is 1. The summed E-state index contributed by atoms with van der Waals surface area (Å²) in [5.41, 5.74) is 1.63. The Morgan fingerprint density at radius 2 is 2.06 bits per heavy atom. The molecule has 3 nitrogen and oxygen atoms in total. The van der Waals surface area contributed by atoms with Crippen LogP contribution in [0.15, 0.2) is 24.3 Å². The number of nitrogens with zero attached hydrogens (tertiary/aromatic N) is 2. The normalized spacial score (nSPS) is 11.3. The van der Waals surface area contributed by atoms with Crippen LogP contribution in [-0.2, 0) is 6.54 Å². The molecule has 0 aliphatic carbocycles. The number of para-hydroxylation sites is 1. The van der Waals surface area contributed by atoms with Crippen molar-refractivity contribution >= 4 is 28.8 Å². The van der Waals surface area contributed by atoms with Gasteiger partial charge in [-0.25, -0.2) is 0 Å². The molecular weight excluding hydrogens is 248 g/mol. The van der Waals surface area contributed by atoms with Gasteiger partial charge in [-0.15, -0.1) is 0 Å². The van der Waals surface area contributed by atoms with E-state index in [0.29, 0.717) is 10.7 Å². The largest absolute Gasteiger partial charge is 0.331 e. The zero-order valence-electron chi connectivity index (χ0n) is 10.7. The third kappa shape index (κ3) is 2.42. The van der Waals surface area contributed by atoms with Gasteiger partial charge in [-0.3, -0.25) is 4.79 Å². The molecule has 1 aromatic carbocycles. The van der Waals surface area contributed by atoms with Crippen molar-refractivity contribution in [3.63, 3.8) is 0 Å². The molecule has 96 valence electrons. The van der Waals surface area contributed by atoms with E-state index < -0.39 is 0 Å². The molecule has 0 aliphatic rings. The van der Waals surface area contributed by atoms with Gasteiger partial charge in [0.15, 0.2) is 6.29 Å². The fourth-order valence-corrected chi connectivity index (χ4v) is 2.50. The first-order valence-corrected chi connectivity index (χ1v) is 6.39. The molecule has 2 rings (SSSR count). The third-order valence-electron chi connectivity index (χ3n) is 3.05. The van der Waals surface area contributed by atoms with Crippen LogP contribution < -0.4 is 0 Å². The van der Waals surface area contributed by atoms with Gasteiger partial charge in [0, 0.05) is 17.4 Å². The quantitative estimate of drug-likeness (QED) is 0.776. The number of hydrogen-bond donors (Lipinski definition) is 0. The number of hydrogen-bond acceptors (Lipinski definition) is 2. The van der Waals surface area contributed by atoms with Crippen molar-refractivity contribution in [2.75, 3.05) is 20.6 Å². The van der Waals surface area contributed by atoms with E-state index in [1.807, 2.05) is 42.9 Å². The molecule has 2 aromatic rings. The van der Waals surface area contributed by atoms with Gasteiger partial charge in [0.2, 0.25) is 0 Å². The average Bonchev–Trinajstić information content (AvgIpc) is 2.62. The predicted molar refractivity (Wildman–Crippen MR) is 75.5 cm³/mol. The summed E-state index contributed by atoms with van der Waals surface area (Å²) in [5, 5.41) is 1.48. The van der Waals surface area contributed by atoms with Crippen molar-refractivity contribution < 1.29 is 4.79 Å². The van der Waals surface area contributed by atoms with Crippen LogP contribution in [-0.4, -0.2) is 36.4 Å². The van der Waals surface area contributed by atoms with Crippen LogP contribution in [0, 0.1) is 0 Å². The molecule has 0 unspecified atom stereocenters. The minimum Gasteiger partial charge on any atom is -0.331 e. The van der Waals surface area contributed by atoms with Crippen LogP contribution in [0.3, 0.4) is 0 Å². The Kier molecular flexibility index (Phi) is 4.04. The van der Waals surface area contributed by atoms with Gasteiger partial charge >= 0.3 is 0 Å². The van der Waals surface area contributed by atoms with E-state index in [1.54, 1.807) is 0 Å². The zero-order chi connectivity index (χ0) is 13.1. The summed E-state index contributed by atoms with van der Waals surface area (Å²) in [4.78, 5) is 13.3. The Balaban J connectivity index is 2.37. The number of aldehydes is 1. The molecule has 1 heterocycles. The number of aromatic nitrogens is 1. The highest BCUT2D eigenvalue weighted by Crippen LogP contribution is 2.28. The highest BCUT2D eigenvalue weighted by Gasteiger charge is 2.14. The van der Waals surface area contributed by atoms with E-state index in [4.69, 9.17) is 11.6 Å². The maximum Gasteiger partial charge on any atom is 0.153 e. The lowest BCUT2D eigenvalue weighted by Gasteiger charge is -2.11. The molecule has 0 saturated heterocycles. The molecule has 18 heavy (non-hydrogen) atoms. The van der Waals surface area contributed by atoms with E-state index >= 15 is 0 Å². The van der Waals surface area contributed by atoms with Crippen molar-refractivity contribution in [3.8, 4) is 0 Å². The van der Waals surface area contributed by atoms with Gasteiger partial charge in [-0.2, -0.15) is 0 Å². The Hall–Kier alpha value is -1.32. The van der Waals surface area contributed by atoms with Crippen molar-refractivity contribution in [1.29, 1.82) is 0 Å². The molecule has 0 bridgehead atoms. The second-order valence-corrected chi connectivity index (χ2v) is 5.01. The Morgan fingerprint density at radius 1 is 1.33 bits per heavy atom. The number of benzene rings is 1. The van der Waals surface area contributed by atoms with E-state index in [-0.39, 0.29) is 0 Å². The summed E-state index contributed by atoms with van der Waals surface area (Å²) in [6.45, 7) is 1.82. The van der Waals surface area contributed by atoms with Crippen LogP contribution in [0.4, 0.5) is 0 Å². The number of fused-ring (bicyclic) bond motifs is 1. The van der Waals surface area contributed by atoms with E-state index in [2.05, 4.69) is 4.90 Å². The molecule has 0 N–H and O–H groups in total. The standard InChI is InChI=1S/C14H17ClN2O/c1-16(2)8-5-9-17-13-7-4-3-6-11(13)12(10-18)14(17)15/h3-4,6-7,10H,5,8-9H2,1-2H3. The van der Waals surface area contributed by atoms with Gasteiger partial charge in [0.25, 0.3) is 0 Å². The Bertz CT molecular complexity index is 560. The van der Waals surface area contributed by atoms with Crippen LogP contribution >= 0.6 is 11.6 Å². The van der Waals surface area contributed by atoms with Crippen molar-refractivity contribution in [2.24, 2.45) is 0 Å². The number of carbonyl (C=O) groups excluding carboxylic acids is 1. The number of carbonyl (C=O) groups is 1. The molecule has 0 radical (unpaired) electrons. The number of rotatable bonds is 5. The van der Waals surface area contributed by atoms with Crippen LogP contribution in [0.25, 0.3) is 10.9 Å². The van der Waals surface area contributed by atoms with E-state index in [1.165, 1.54) is 0 Å². The van der Waals surface area contributed by atoms with Crippen LogP contribution in [0.1, 0.15) is 16.8 Å². The van der Waals surface area contributed by atoms with Crippen LogP contribution in [0.2, 0.25) is 5.15 Å². The van der Waals surface area contributed by atoms with Gasteiger partial charge in [0.05, 0.1) is 5.56 Å². The first-order chi connectivity index (χ1) is 8.65. The minimum atomic E-state index is 0.546. The Labute approximate surface area is 112 Å². The molecule has 0 aliphatic heterocycles. The summed E-state index contributed by atoms with van der Waals surface area (Å²) in [6, 6.07) is 7.84. The maximum atomic E-state index is 11.1. The minimum absolute atomic E-state index is 0.546. The summed E-state index contributed by atoms with van der Waals surface area (Å²) in [6.07, 6.45) is 1.84. The zero-order valence-corrected chi connectivity index (χ0v) is 11.4. The molecule has 1 aromatic heterocycles. The summed E-state index contributed by atoms with van der Waals surface area (Å²) in [5.74, 6) is 0. The van der Waals surface area contributed by atoms with E-state index in [0.717, 1.165) is 36.7 Å². The third-order valence-corrected chi connectivity index (χ3v) is 3.46. The second-order valence-electron chi connectivity index (χ2n) is 4.65. The van der Waals surface area contributed by atoms with Crippen molar-refractivity contribution in [2.45, 2.75) is 13.0 Å². The molecule has 4 heteroatoms. The molecule has 0 amide bonds. The number of aryl methyl sites for hydroxylation is 1. The molecule has 0 fully saturated rings. The lowest BCUT2D eigenvalue weighted by molar-refractivity contribution is 0.112. The molecule has 0 spiro atoms. The van der Waals surface area contributed by atoms with Crippen molar-refractivity contribution in [3.05, 3.63) is 35.0 Å². The fourth-order valence-electron chi connectivity index (χ4n) is 2.17. The molecule has 0 saturated carbocycles. The predicted octanol–water partition coefficient (Wildman–Crippen LogP) is 3.06. The average molecular weight is 265 g/mol. The smallest absolute Gasteiger partial charge is 0.153 e. The molecule has 0 atom stereocenters. The lowest BCUT2D eigenvalue weighted by Crippen LogP contribution is -2.15. The SMILES string of the molecule is CN(C)CCCn1c(Cl)c(C=O)c2ccccc21. The highest BCUT2D eigenvalue weighted by atomic mass is 35.5. The molecular formula is C14H17ClN2O. The Morgan fingerprint density at radius 3 is 2.72 bits per heavy atom.